The summed E-state index contributed by atoms with van der Waals surface area (Å²) in [6, 6.07) is 44.3. The summed E-state index contributed by atoms with van der Waals surface area (Å²) in [5.41, 5.74) is 11.4. The Morgan fingerprint density at radius 2 is 1.15 bits per heavy atom. The van der Waals surface area contributed by atoms with E-state index in [-0.39, 0.29) is 5.41 Å². The fourth-order valence-electron chi connectivity index (χ4n) is 6.89. The third kappa shape index (κ3) is 3.11. The molecule has 0 N–H and O–H groups in total. The highest BCUT2D eigenvalue weighted by Gasteiger charge is 2.37. The van der Waals surface area contributed by atoms with Gasteiger partial charge >= 0.3 is 0 Å². The topological polar surface area (TPSA) is 12.9 Å². The Hall–Kier alpha value is -4.75. The zero-order chi connectivity index (χ0) is 26.1. The van der Waals surface area contributed by atoms with Crippen molar-refractivity contribution in [2.75, 3.05) is 0 Å². The van der Waals surface area contributed by atoms with E-state index >= 15 is 0 Å². The molecule has 184 valence electrons. The van der Waals surface area contributed by atoms with Crippen molar-refractivity contribution in [2.24, 2.45) is 0 Å². The molecule has 1 aliphatic carbocycles. The van der Waals surface area contributed by atoms with Crippen LogP contribution in [0, 0.1) is 0 Å². The lowest BCUT2D eigenvalue weighted by Crippen LogP contribution is -2.14. The van der Waals surface area contributed by atoms with Crippen LogP contribution in [0.1, 0.15) is 25.0 Å². The molecular weight excluding hydrogens is 470 g/mol. The van der Waals surface area contributed by atoms with Crippen LogP contribution in [0.2, 0.25) is 0 Å². The van der Waals surface area contributed by atoms with E-state index in [1.165, 1.54) is 71.4 Å². The Morgan fingerprint density at radius 3 is 2.03 bits per heavy atom. The summed E-state index contributed by atoms with van der Waals surface area (Å²) < 4.78 is 0. The zero-order valence-corrected chi connectivity index (χ0v) is 22.1. The van der Waals surface area contributed by atoms with E-state index in [1.807, 2.05) is 6.20 Å². The fourth-order valence-corrected chi connectivity index (χ4v) is 6.89. The predicted octanol–water partition coefficient (Wildman–Crippen LogP) is 10.2. The normalized spacial score (nSPS) is 13.6. The summed E-state index contributed by atoms with van der Waals surface area (Å²) >= 11 is 0. The lowest BCUT2D eigenvalue weighted by Gasteiger charge is -2.22. The van der Waals surface area contributed by atoms with Gasteiger partial charge in [-0.1, -0.05) is 123 Å². The smallest absolute Gasteiger partial charge is 0.0792 e. The van der Waals surface area contributed by atoms with Crippen molar-refractivity contribution in [3.63, 3.8) is 0 Å². The highest BCUT2D eigenvalue weighted by Crippen LogP contribution is 2.54. The van der Waals surface area contributed by atoms with Crippen molar-refractivity contribution in [3.8, 4) is 33.4 Å². The maximum absolute atomic E-state index is 5.04. The van der Waals surface area contributed by atoms with E-state index in [4.69, 9.17) is 4.98 Å². The Labute approximate surface area is 228 Å². The van der Waals surface area contributed by atoms with Gasteiger partial charge in [0.05, 0.1) is 5.52 Å². The van der Waals surface area contributed by atoms with E-state index in [0.29, 0.717) is 0 Å². The van der Waals surface area contributed by atoms with Crippen molar-refractivity contribution in [3.05, 3.63) is 139 Å². The maximum atomic E-state index is 5.04. The summed E-state index contributed by atoms with van der Waals surface area (Å²) in [5.74, 6) is 0. The minimum Gasteiger partial charge on any atom is -0.256 e. The van der Waals surface area contributed by atoms with E-state index < -0.39 is 0 Å². The summed E-state index contributed by atoms with van der Waals surface area (Å²) in [7, 11) is 0. The monoisotopic (exact) mass is 497 g/mol. The first-order chi connectivity index (χ1) is 19.1. The Kier molecular flexibility index (Phi) is 4.63. The first-order valence-corrected chi connectivity index (χ1v) is 13.7. The van der Waals surface area contributed by atoms with Crippen LogP contribution < -0.4 is 0 Å². The van der Waals surface area contributed by atoms with Gasteiger partial charge in [0.2, 0.25) is 0 Å². The molecule has 1 heteroatoms. The molecule has 0 saturated carbocycles. The highest BCUT2D eigenvalue weighted by molar-refractivity contribution is 6.22. The number of aromatic nitrogens is 1. The number of hydrogen-bond acceptors (Lipinski definition) is 1. The van der Waals surface area contributed by atoms with E-state index in [9.17, 15) is 0 Å². The van der Waals surface area contributed by atoms with Crippen LogP contribution in [0.25, 0.3) is 65.8 Å². The van der Waals surface area contributed by atoms with Crippen molar-refractivity contribution < 1.29 is 0 Å². The fraction of sp³-hybridized carbons (Fsp3) is 0.0789. The molecule has 0 atom stereocenters. The number of nitrogens with zero attached hydrogens (tertiary/aromatic N) is 1. The molecule has 1 aliphatic rings. The van der Waals surface area contributed by atoms with Gasteiger partial charge < -0.3 is 0 Å². The second-order valence-corrected chi connectivity index (χ2v) is 11.2. The first-order valence-electron chi connectivity index (χ1n) is 13.7. The SMILES string of the molecule is CC1(C)c2ccccc2-c2c(-c3c4ccccc4c(-c4ccc5ccccc5c4)c4ncccc34)cccc21. The van der Waals surface area contributed by atoms with Gasteiger partial charge in [-0.15, -0.1) is 0 Å². The molecule has 0 radical (unpaired) electrons. The van der Waals surface area contributed by atoms with Crippen molar-refractivity contribution in [1.82, 2.24) is 4.98 Å². The molecule has 0 aliphatic heterocycles. The number of benzene rings is 6. The molecular formula is C38H27N. The molecule has 0 unspecified atom stereocenters. The second-order valence-electron chi connectivity index (χ2n) is 11.2. The average Bonchev–Trinajstić information content (AvgIpc) is 3.22. The first kappa shape index (κ1) is 22.3. The van der Waals surface area contributed by atoms with Gasteiger partial charge in [0.25, 0.3) is 0 Å². The second kappa shape index (κ2) is 8.12. The molecule has 0 bridgehead atoms. The largest absolute Gasteiger partial charge is 0.256 e. The van der Waals surface area contributed by atoms with Gasteiger partial charge in [0.1, 0.15) is 0 Å². The van der Waals surface area contributed by atoms with Crippen molar-refractivity contribution >= 4 is 32.4 Å². The molecule has 8 rings (SSSR count). The molecule has 39 heavy (non-hydrogen) atoms. The number of pyridine rings is 1. The van der Waals surface area contributed by atoms with Gasteiger partial charge in [-0.25, -0.2) is 0 Å². The average molecular weight is 498 g/mol. The summed E-state index contributed by atoms with van der Waals surface area (Å²) in [5, 5.41) is 6.18. The lowest BCUT2D eigenvalue weighted by molar-refractivity contribution is 0.660. The lowest BCUT2D eigenvalue weighted by atomic mass is 9.81. The highest BCUT2D eigenvalue weighted by atomic mass is 14.7. The third-order valence-electron chi connectivity index (χ3n) is 8.69. The van der Waals surface area contributed by atoms with Gasteiger partial charge in [-0.2, -0.15) is 0 Å². The molecule has 1 heterocycles. The molecule has 0 amide bonds. The predicted molar refractivity (Wildman–Crippen MR) is 165 cm³/mol. The molecule has 7 aromatic rings. The molecule has 1 aromatic heterocycles. The van der Waals surface area contributed by atoms with Crippen molar-refractivity contribution in [1.29, 1.82) is 0 Å². The van der Waals surface area contributed by atoms with E-state index in [2.05, 4.69) is 135 Å². The Balaban J connectivity index is 1.52. The molecule has 0 spiro atoms. The maximum Gasteiger partial charge on any atom is 0.0792 e. The third-order valence-corrected chi connectivity index (χ3v) is 8.69. The summed E-state index contributed by atoms with van der Waals surface area (Å²) in [6.45, 7) is 4.70. The van der Waals surface area contributed by atoms with Crippen molar-refractivity contribution in [2.45, 2.75) is 19.3 Å². The van der Waals surface area contributed by atoms with Gasteiger partial charge in [-0.05, 0) is 72.6 Å². The zero-order valence-electron chi connectivity index (χ0n) is 22.1. The minimum atomic E-state index is -0.0448. The quantitative estimate of drug-likeness (QED) is 0.217. The number of hydrogen-bond donors (Lipinski definition) is 0. The summed E-state index contributed by atoms with van der Waals surface area (Å²) in [6.07, 6.45) is 1.93. The molecule has 0 fully saturated rings. The van der Waals surface area contributed by atoms with Crippen LogP contribution in [0.15, 0.2) is 128 Å². The van der Waals surface area contributed by atoms with Crippen LogP contribution in [0.4, 0.5) is 0 Å². The van der Waals surface area contributed by atoms with Gasteiger partial charge in [-0.3, -0.25) is 4.98 Å². The Morgan fingerprint density at radius 1 is 0.487 bits per heavy atom. The number of rotatable bonds is 2. The van der Waals surface area contributed by atoms with Crippen LogP contribution in [0.5, 0.6) is 0 Å². The minimum absolute atomic E-state index is 0.0448. The molecule has 6 aromatic carbocycles. The van der Waals surface area contributed by atoms with Crippen LogP contribution in [-0.2, 0) is 5.41 Å². The van der Waals surface area contributed by atoms with Gasteiger partial charge in [0.15, 0.2) is 0 Å². The number of fused-ring (bicyclic) bond motifs is 6. The van der Waals surface area contributed by atoms with Crippen LogP contribution in [0.3, 0.4) is 0 Å². The van der Waals surface area contributed by atoms with E-state index in [1.54, 1.807) is 0 Å². The molecule has 0 saturated heterocycles. The van der Waals surface area contributed by atoms with E-state index in [0.717, 1.165) is 5.52 Å². The van der Waals surface area contributed by atoms with Crippen LogP contribution in [-0.4, -0.2) is 4.98 Å². The van der Waals surface area contributed by atoms with Gasteiger partial charge in [0, 0.05) is 22.6 Å². The Bertz CT molecular complexity index is 2040. The summed E-state index contributed by atoms with van der Waals surface area (Å²) in [4.78, 5) is 5.04. The standard InChI is InChI=1S/C38H27N/c1-38(2)32-18-8-7-15-29(32)36-30(16-9-19-33(36)38)35-28-14-6-5-13-27(28)34(37-31(35)17-10-22-39-37)26-21-20-24-11-3-4-12-25(24)23-26/h3-23H,1-2H3. The molecule has 1 nitrogen and oxygen atoms in total. The van der Waals surface area contributed by atoms with Crippen LogP contribution >= 0.6 is 0 Å².